The predicted octanol–water partition coefficient (Wildman–Crippen LogP) is 3.41. The normalized spacial score (nSPS) is 10.7. The molecule has 5 rings (SSSR count). The van der Waals surface area contributed by atoms with Gasteiger partial charge in [-0.1, -0.05) is 12.0 Å². The molecule has 9 nitrogen and oxygen atoms in total. The van der Waals surface area contributed by atoms with E-state index in [4.69, 9.17) is 5.73 Å². The summed E-state index contributed by atoms with van der Waals surface area (Å²) >= 11 is 0. The molecule has 0 aliphatic carbocycles. The highest BCUT2D eigenvalue weighted by molar-refractivity contribution is 5.78. The van der Waals surface area contributed by atoms with Gasteiger partial charge < -0.3 is 11.1 Å². The molecular formula is C27H19F3N8O. The van der Waals surface area contributed by atoms with E-state index in [-0.39, 0.29) is 34.7 Å². The number of halogens is 3. The van der Waals surface area contributed by atoms with Gasteiger partial charge in [0.1, 0.15) is 57.9 Å². The third kappa shape index (κ3) is 5.52. The third-order valence-electron chi connectivity index (χ3n) is 5.65. The largest absolute Gasteiger partial charge is 0.382 e. The highest BCUT2D eigenvalue weighted by Crippen LogP contribution is 2.19. The van der Waals surface area contributed by atoms with Crippen molar-refractivity contribution < 1.29 is 13.2 Å². The zero-order chi connectivity index (χ0) is 27.4. The van der Waals surface area contributed by atoms with Gasteiger partial charge in [-0.25, -0.2) is 33.1 Å². The third-order valence-corrected chi connectivity index (χ3v) is 5.65. The fourth-order valence-electron chi connectivity index (χ4n) is 3.94. The summed E-state index contributed by atoms with van der Waals surface area (Å²) in [6.45, 7) is 0.338. The van der Waals surface area contributed by atoms with Crippen LogP contribution in [0.15, 0.2) is 66.1 Å². The average molecular weight is 528 g/mol. The van der Waals surface area contributed by atoms with E-state index in [1.807, 2.05) is 0 Å². The molecule has 0 spiro atoms. The SMILES string of the molecule is Nc1ncnc(NCCCc2nc3cccc(F)c3c(=O)n2-c2cc(F)cc(F)c2)c1C#Cc1cnccn1. The Bertz CT molecular complexity index is 1780. The maximum absolute atomic E-state index is 14.5. The van der Waals surface area contributed by atoms with Crippen LogP contribution in [0.4, 0.5) is 24.8 Å². The van der Waals surface area contributed by atoms with Crippen LogP contribution in [-0.4, -0.2) is 36.0 Å². The Morgan fingerprint density at radius 2 is 1.82 bits per heavy atom. The van der Waals surface area contributed by atoms with Gasteiger partial charge in [0.25, 0.3) is 5.56 Å². The first kappa shape index (κ1) is 25.3. The fourth-order valence-corrected chi connectivity index (χ4v) is 3.94. The van der Waals surface area contributed by atoms with E-state index in [1.54, 1.807) is 0 Å². The minimum absolute atomic E-state index is 0.0942. The van der Waals surface area contributed by atoms with Crippen LogP contribution in [0.5, 0.6) is 0 Å². The van der Waals surface area contributed by atoms with Crippen molar-refractivity contribution in [1.29, 1.82) is 0 Å². The first-order valence-corrected chi connectivity index (χ1v) is 11.7. The zero-order valence-corrected chi connectivity index (χ0v) is 20.2. The molecular weight excluding hydrogens is 509 g/mol. The fraction of sp³-hybridized carbons (Fsp3) is 0.111. The monoisotopic (exact) mass is 528 g/mol. The van der Waals surface area contributed by atoms with Gasteiger partial charge in [0.2, 0.25) is 0 Å². The lowest BCUT2D eigenvalue weighted by molar-refractivity contribution is 0.580. The molecule has 12 heteroatoms. The van der Waals surface area contributed by atoms with Gasteiger partial charge in [-0.15, -0.1) is 0 Å². The van der Waals surface area contributed by atoms with E-state index in [9.17, 15) is 18.0 Å². The lowest BCUT2D eigenvalue weighted by Gasteiger charge is -2.15. The number of fused-ring (bicyclic) bond motifs is 1. The number of aromatic nitrogens is 6. The highest BCUT2D eigenvalue weighted by Gasteiger charge is 2.17. The van der Waals surface area contributed by atoms with Crippen LogP contribution in [0.3, 0.4) is 0 Å². The molecule has 0 amide bonds. The number of nitrogens with one attached hydrogen (secondary N) is 1. The van der Waals surface area contributed by atoms with Crippen molar-refractivity contribution in [3.05, 3.63) is 106 Å². The molecule has 5 aromatic rings. The van der Waals surface area contributed by atoms with E-state index in [1.165, 1.54) is 37.1 Å². The molecule has 0 atom stereocenters. The molecule has 0 bridgehead atoms. The van der Waals surface area contributed by atoms with Crippen molar-refractivity contribution in [1.82, 2.24) is 29.5 Å². The minimum Gasteiger partial charge on any atom is -0.382 e. The average Bonchev–Trinajstić information content (AvgIpc) is 2.90. The molecule has 0 saturated carbocycles. The van der Waals surface area contributed by atoms with Gasteiger partial charge in [-0.3, -0.25) is 14.3 Å². The molecule has 3 aromatic heterocycles. The van der Waals surface area contributed by atoms with Crippen LogP contribution in [0.25, 0.3) is 16.6 Å². The van der Waals surface area contributed by atoms with Gasteiger partial charge in [0, 0.05) is 31.4 Å². The molecule has 39 heavy (non-hydrogen) atoms. The first-order valence-electron chi connectivity index (χ1n) is 11.7. The van der Waals surface area contributed by atoms with Crippen molar-refractivity contribution in [2.24, 2.45) is 0 Å². The molecule has 0 fully saturated rings. The summed E-state index contributed by atoms with van der Waals surface area (Å²) in [6, 6.07) is 6.74. The molecule has 0 saturated heterocycles. The number of hydrogen-bond acceptors (Lipinski definition) is 8. The van der Waals surface area contributed by atoms with E-state index in [0.717, 1.165) is 22.8 Å². The van der Waals surface area contributed by atoms with Gasteiger partial charge in [0.05, 0.1) is 17.4 Å². The Morgan fingerprint density at radius 1 is 1.00 bits per heavy atom. The number of anilines is 2. The van der Waals surface area contributed by atoms with Crippen LogP contribution in [-0.2, 0) is 6.42 Å². The van der Waals surface area contributed by atoms with Crippen molar-refractivity contribution in [3.63, 3.8) is 0 Å². The quantitative estimate of drug-likeness (QED) is 0.254. The smallest absolute Gasteiger partial charge is 0.268 e. The van der Waals surface area contributed by atoms with E-state index >= 15 is 0 Å². The maximum atomic E-state index is 14.5. The second-order valence-corrected chi connectivity index (χ2v) is 8.28. The lowest BCUT2D eigenvalue weighted by Crippen LogP contribution is -2.25. The van der Waals surface area contributed by atoms with Crippen molar-refractivity contribution >= 4 is 22.5 Å². The summed E-state index contributed by atoms with van der Waals surface area (Å²) in [5, 5.41) is 2.86. The number of nitrogen functional groups attached to an aromatic ring is 1. The minimum atomic E-state index is -0.880. The Balaban J connectivity index is 1.42. The topological polar surface area (TPSA) is 124 Å². The summed E-state index contributed by atoms with van der Waals surface area (Å²) < 4.78 is 43.6. The number of nitrogens with two attached hydrogens (primary N) is 1. The summed E-state index contributed by atoms with van der Waals surface area (Å²) in [4.78, 5) is 34.0. The van der Waals surface area contributed by atoms with Gasteiger partial charge in [-0.05, 0) is 36.6 Å². The van der Waals surface area contributed by atoms with Crippen LogP contribution in [0, 0.1) is 29.3 Å². The molecule has 194 valence electrons. The molecule has 0 aliphatic heterocycles. The molecule has 3 heterocycles. The van der Waals surface area contributed by atoms with Crippen molar-refractivity contribution in [2.45, 2.75) is 12.8 Å². The Labute approximate surface area is 219 Å². The number of rotatable bonds is 6. The van der Waals surface area contributed by atoms with Crippen LogP contribution in [0.2, 0.25) is 0 Å². The standard InChI is InChI=1S/C27H19F3N8O/c28-16-11-17(29)13-19(12-16)38-23(37-22-4-1-3-21(30)24(22)27(38)39)5-2-8-34-26-20(25(31)35-15-36-26)7-6-18-14-32-9-10-33-18/h1,3-4,9-15H,2,5,8H2,(H3,31,34,35,36). The predicted molar refractivity (Wildman–Crippen MR) is 138 cm³/mol. The molecule has 0 unspecified atom stereocenters. The van der Waals surface area contributed by atoms with Crippen molar-refractivity contribution in [2.75, 3.05) is 17.6 Å². The summed E-state index contributed by atoms with van der Waals surface area (Å²) in [5.41, 5.74) is 6.09. The molecule has 0 aliphatic rings. The van der Waals surface area contributed by atoms with Crippen LogP contribution in [0.1, 0.15) is 23.5 Å². The molecule has 2 aromatic carbocycles. The highest BCUT2D eigenvalue weighted by atomic mass is 19.1. The number of nitrogens with zero attached hydrogens (tertiary/aromatic N) is 6. The van der Waals surface area contributed by atoms with E-state index < -0.39 is 23.0 Å². The van der Waals surface area contributed by atoms with Crippen LogP contribution < -0.4 is 16.6 Å². The van der Waals surface area contributed by atoms with E-state index in [2.05, 4.69) is 42.1 Å². The number of hydrogen-bond donors (Lipinski definition) is 2. The maximum Gasteiger partial charge on any atom is 0.268 e. The molecule has 0 radical (unpaired) electrons. The Morgan fingerprint density at radius 3 is 2.59 bits per heavy atom. The summed E-state index contributed by atoms with van der Waals surface area (Å²) in [7, 11) is 0. The number of aryl methyl sites for hydroxylation is 1. The zero-order valence-electron chi connectivity index (χ0n) is 20.2. The van der Waals surface area contributed by atoms with Crippen molar-refractivity contribution in [3.8, 4) is 17.5 Å². The van der Waals surface area contributed by atoms with Crippen LogP contribution >= 0.6 is 0 Å². The molecule has 3 N–H and O–H groups in total. The van der Waals surface area contributed by atoms with Gasteiger partial charge >= 0.3 is 0 Å². The second-order valence-electron chi connectivity index (χ2n) is 8.28. The number of benzene rings is 2. The summed E-state index contributed by atoms with van der Waals surface area (Å²) in [6.07, 6.45) is 6.46. The van der Waals surface area contributed by atoms with Gasteiger partial charge in [-0.2, -0.15) is 0 Å². The Hall–Kier alpha value is -5.31. The second kappa shape index (κ2) is 11.0. The Kier molecular flexibility index (Phi) is 7.13. The lowest BCUT2D eigenvalue weighted by atomic mass is 10.2. The first-order chi connectivity index (χ1) is 18.9. The summed E-state index contributed by atoms with van der Waals surface area (Å²) in [5.74, 6) is 3.98. The van der Waals surface area contributed by atoms with Gasteiger partial charge in [0.15, 0.2) is 0 Å². The van der Waals surface area contributed by atoms with E-state index in [0.29, 0.717) is 36.1 Å².